The number of nitrogens with zero attached hydrogens (tertiary/aromatic N) is 3. The van der Waals surface area contributed by atoms with Gasteiger partial charge in [-0.3, -0.25) is 0 Å². The van der Waals surface area contributed by atoms with Crippen LogP contribution in [0.4, 0.5) is 19.1 Å². The van der Waals surface area contributed by atoms with Crippen molar-refractivity contribution in [3.05, 3.63) is 18.0 Å². The van der Waals surface area contributed by atoms with Crippen molar-refractivity contribution >= 4 is 17.5 Å². The number of anilines is 1. The Morgan fingerprint density at radius 1 is 1.37 bits per heavy atom. The van der Waals surface area contributed by atoms with Crippen molar-refractivity contribution in [2.75, 3.05) is 37.1 Å². The maximum Gasteiger partial charge on any atom is 0.433 e. The third-order valence-electron chi connectivity index (χ3n) is 2.32. The van der Waals surface area contributed by atoms with Crippen molar-refractivity contribution in [1.82, 2.24) is 9.97 Å². The van der Waals surface area contributed by atoms with Crippen LogP contribution < -0.4 is 4.90 Å². The SMILES string of the molecule is CCN(CCOCCCl)c1nccc(C(F)(F)F)n1. The predicted molar refractivity (Wildman–Crippen MR) is 66.5 cm³/mol. The highest BCUT2D eigenvalue weighted by Gasteiger charge is 2.33. The maximum absolute atomic E-state index is 12.5. The highest BCUT2D eigenvalue weighted by molar-refractivity contribution is 6.17. The Hall–Kier alpha value is -1.08. The molecule has 0 aliphatic carbocycles. The van der Waals surface area contributed by atoms with Gasteiger partial charge in [0.1, 0.15) is 5.69 Å². The van der Waals surface area contributed by atoms with Gasteiger partial charge < -0.3 is 9.64 Å². The minimum atomic E-state index is -4.47. The fourth-order valence-electron chi connectivity index (χ4n) is 1.39. The van der Waals surface area contributed by atoms with Crippen molar-refractivity contribution < 1.29 is 17.9 Å². The highest BCUT2D eigenvalue weighted by atomic mass is 35.5. The number of hydrogen-bond acceptors (Lipinski definition) is 4. The van der Waals surface area contributed by atoms with Crippen molar-refractivity contribution in [3.8, 4) is 0 Å². The van der Waals surface area contributed by atoms with E-state index in [0.717, 1.165) is 12.3 Å². The Balaban J connectivity index is 2.70. The quantitative estimate of drug-likeness (QED) is 0.573. The van der Waals surface area contributed by atoms with Crippen molar-refractivity contribution in [2.24, 2.45) is 0 Å². The molecule has 1 aromatic heterocycles. The number of hydrogen-bond donors (Lipinski definition) is 0. The summed E-state index contributed by atoms with van der Waals surface area (Å²) in [4.78, 5) is 8.99. The lowest BCUT2D eigenvalue weighted by Gasteiger charge is -2.21. The van der Waals surface area contributed by atoms with E-state index in [2.05, 4.69) is 9.97 Å². The molecule has 0 spiro atoms. The molecule has 108 valence electrons. The molecule has 0 aromatic carbocycles. The highest BCUT2D eigenvalue weighted by Crippen LogP contribution is 2.27. The summed E-state index contributed by atoms with van der Waals surface area (Å²) < 4.78 is 42.8. The molecule has 0 atom stereocenters. The molecule has 0 aliphatic rings. The zero-order valence-corrected chi connectivity index (χ0v) is 11.2. The molecule has 0 saturated heterocycles. The number of alkyl halides is 4. The third-order valence-corrected chi connectivity index (χ3v) is 2.48. The second-order valence-corrected chi connectivity index (χ2v) is 4.00. The summed E-state index contributed by atoms with van der Waals surface area (Å²) in [6.45, 7) is 3.48. The summed E-state index contributed by atoms with van der Waals surface area (Å²) in [6, 6.07) is 0.849. The van der Waals surface area contributed by atoms with Gasteiger partial charge in [0.2, 0.25) is 5.95 Å². The molecule has 0 saturated carbocycles. The van der Waals surface area contributed by atoms with Gasteiger partial charge >= 0.3 is 6.18 Å². The Morgan fingerprint density at radius 2 is 2.11 bits per heavy atom. The van der Waals surface area contributed by atoms with E-state index in [9.17, 15) is 13.2 Å². The van der Waals surface area contributed by atoms with E-state index in [1.807, 2.05) is 6.92 Å². The lowest BCUT2D eigenvalue weighted by Crippen LogP contribution is -2.29. The molecule has 0 aliphatic heterocycles. The number of likely N-dealkylation sites (N-methyl/N-ethyl adjacent to an activating group) is 1. The van der Waals surface area contributed by atoms with E-state index >= 15 is 0 Å². The van der Waals surface area contributed by atoms with E-state index in [1.54, 1.807) is 4.90 Å². The van der Waals surface area contributed by atoms with Crippen LogP contribution in [0.5, 0.6) is 0 Å². The molecular formula is C11H15ClF3N3O. The third kappa shape index (κ3) is 5.20. The van der Waals surface area contributed by atoms with Crippen LogP contribution in [0.1, 0.15) is 12.6 Å². The van der Waals surface area contributed by atoms with Crippen molar-refractivity contribution in [1.29, 1.82) is 0 Å². The summed E-state index contributed by atoms with van der Waals surface area (Å²) in [5, 5.41) is 0. The molecular weight excluding hydrogens is 283 g/mol. The van der Waals surface area contributed by atoms with Gasteiger partial charge in [-0.05, 0) is 13.0 Å². The van der Waals surface area contributed by atoms with Crippen LogP contribution in [-0.2, 0) is 10.9 Å². The van der Waals surface area contributed by atoms with Gasteiger partial charge in [-0.2, -0.15) is 13.2 Å². The molecule has 19 heavy (non-hydrogen) atoms. The van der Waals surface area contributed by atoms with Crippen LogP contribution in [0.15, 0.2) is 12.3 Å². The topological polar surface area (TPSA) is 38.2 Å². The van der Waals surface area contributed by atoms with Crippen LogP contribution in [0, 0.1) is 0 Å². The maximum atomic E-state index is 12.5. The second kappa shape index (κ2) is 7.49. The molecule has 0 unspecified atom stereocenters. The zero-order valence-electron chi connectivity index (χ0n) is 10.5. The van der Waals surface area contributed by atoms with E-state index in [1.165, 1.54) is 0 Å². The smallest absolute Gasteiger partial charge is 0.378 e. The monoisotopic (exact) mass is 297 g/mol. The summed E-state index contributed by atoms with van der Waals surface area (Å²) in [7, 11) is 0. The van der Waals surface area contributed by atoms with E-state index in [-0.39, 0.29) is 5.95 Å². The van der Waals surface area contributed by atoms with Gasteiger partial charge in [-0.25, -0.2) is 9.97 Å². The number of halogens is 4. The first-order valence-electron chi connectivity index (χ1n) is 5.78. The second-order valence-electron chi connectivity index (χ2n) is 3.62. The summed E-state index contributed by atoms with van der Waals surface area (Å²) >= 11 is 5.45. The number of aromatic nitrogens is 2. The van der Waals surface area contributed by atoms with Gasteiger partial charge in [-0.1, -0.05) is 0 Å². The summed E-state index contributed by atoms with van der Waals surface area (Å²) in [5.41, 5.74) is -0.947. The molecule has 0 amide bonds. The van der Waals surface area contributed by atoms with Crippen molar-refractivity contribution in [2.45, 2.75) is 13.1 Å². The van der Waals surface area contributed by atoms with Crippen LogP contribution in [0.3, 0.4) is 0 Å². The fraction of sp³-hybridized carbons (Fsp3) is 0.636. The molecule has 0 fully saturated rings. The normalized spacial score (nSPS) is 11.6. The molecule has 0 N–H and O–H groups in total. The van der Waals surface area contributed by atoms with Crippen LogP contribution in [0.25, 0.3) is 0 Å². The minimum Gasteiger partial charge on any atom is -0.378 e. The van der Waals surface area contributed by atoms with Gasteiger partial charge in [0.25, 0.3) is 0 Å². The Kier molecular flexibility index (Phi) is 6.30. The van der Waals surface area contributed by atoms with E-state index in [4.69, 9.17) is 16.3 Å². The minimum absolute atomic E-state index is 0.0480. The lowest BCUT2D eigenvalue weighted by atomic mass is 10.4. The number of rotatable bonds is 7. The Labute approximate surface area is 114 Å². The molecule has 8 heteroatoms. The Morgan fingerprint density at radius 3 is 2.68 bits per heavy atom. The lowest BCUT2D eigenvalue weighted by molar-refractivity contribution is -0.141. The van der Waals surface area contributed by atoms with Crippen molar-refractivity contribution in [3.63, 3.8) is 0 Å². The van der Waals surface area contributed by atoms with E-state index in [0.29, 0.717) is 32.2 Å². The Bertz CT molecular complexity index is 390. The largest absolute Gasteiger partial charge is 0.433 e. The van der Waals surface area contributed by atoms with Crippen LogP contribution in [0.2, 0.25) is 0 Å². The fourth-order valence-corrected chi connectivity index (χ4v) is 1.50. The molecule has 1 aromatic rings. The van der Waals surface area contributed by atoms with Crippen LogP contribution in [-0.4, -0.2) is 42.2 Å². The number of ether oxygens (including phenoxy) is 1. The van der Waals surface area contributed by atoms with Crippen LogP contribution >= 0.6 is 11.6 Å². The van der Waals surface area contributed by atoms with Gasteiger partial charge in [0.05, 0.1) is 13.2 Å². The molecule has 0 bridgehead atoms. The summed E-state index contributed by atoms with van der Waals surface area (Å²) in [6.07, 6.45) is -3.36. The molecule has 1 rings (SSSR count). The summed E-state index contributed by atoms with van der Waals surface area (Å²) in [5.74, 6) is 0.429. The molecule has 1 heterocycles. The van der Waals surface area contributed by atoms with E-state index < -0.39 is 11.9 Å². The molecule has 4 nitrogen and oxygen atoms in total. The first-order chi connectivity index (χ1) is 8.99. The zero-order chi connectivity index (χ0) is 14.3. The standard InChI is InChI=1S/C11H15ClF3N3O/c1-2-18(6-8-19-7-4-12)10-16-5-3-9(17-10)11(13,14)15/h3,5H,2,4,6-8H2,1H3. The van der Waals surface area contributed by atoms with Gasteiger partial charge in [0, 0.05) is 25.2 Å². The molecule has 0 radical (unpaired) electrons. The first kappa shape index (κ1) is 16.0. The van der Waals surface area contributed by atoms with Gasteiger partial charge in [0.15, 0.2) is 0 Å². The average Bonchev–Trinajstić information content (AvgIpc) is 2.38. The predicted octanol–water partition coefficient (Wildman–Crippen LogP) is 2.58. The first-order valence-corrected chi connectivity index (χ1v) is 6.31. The average molecular weight is 298 g/mol. The van der Waals surface area contributed by atoms with Gasteiger partial charge in [-0.15, -0.1) is 11.6 Å².